The summed E-state index contributed by atoms with van der Waals surface area (Å²) in [7, 11) is -4.13. The first-order valence-electron chi connectivity index (χ1n) is 5.68. The first-order valence-corrected chi connectivity index (χ1v) is 9.46. The number of para-hydroxylation sites is 1. The van der Waals surface area contributed by atoms with Gasteiger partial charge < -0.3 is 4.55 Å². The Kier molecular flexibility index (Phi) is 5.33. The monoisotopic (exact) mass is 347 g/mol. The summed E-state index contributed by atoms with van der Waals surface area (Å²) in [5.41, 5.74) is 0.891. The maximum atomic E-state index is 10.5. The number of aromatic nitrogens is 2. The minimum atomic E-state index is -4.13. The number of hydrogen-bond acceptors (Lipinski definition) is 7. The van der Waals surface area contributed by atoms with Gasteiger partial charge in [0.15, 0.2) is 8.29 Å². The van der Waals surface area contributed by atoms with Gasteiger partial charge in [-0.15, -0.1) is 5.10 Å². The number of benzene rings is 1. The van der Waals surface area contributed by atoms with Gasteiger partial charge in [-0.05, 0) is 30.8 Å². The molecule has 0 unspecified atom stereocenters. The highest BCUT2D eigenvalue weighted by Gasteiger charge is 2.06. The SMILES string of the molecule is O=S(=O)([O-])CCCSc1nn(-c2ccccc2)c(=S)s1. The molecule has 0 aliphatic carbocycles. The van der Waals surface area contributed by atoms with Crippen LogP contribution in [0.4, 0.5) is 0 Å². The average molecular weight is 347 g/mol. The van der Waals surface area contributed by atoms with Crippen molar-refractivity contribution in [2.24, 2.45) is 0 Å². The molecule has 0 radical (unpaired) electrons. The zero-order chi connectivity index (χ0) is 14.6. The van der Waals surface area contributed by atoms with E-state index in [0.29, 0.717) is 16.1 Å². The van der Waals surface area contributed by atoms with E-state index in [9.17, 15) is 13.0 Å². The lowest BCUT2D eigenvalue weighted by Gasteiger charge is -2.04. The predicted molar refractivity (Wildman–Crippen MR) is 82.2 cm³/mol. The second-order valence-corrected chi connectivity index (χ2v) is 8.33. The zero-order valence-corrected chi connectivity index (χ0v) is 13.5. The van der Waals surface area contributed by atoms with E-state index in [-0.39, 0.29) is 5.75 Å². The maximum Gasteiger partial charge on any atom is 0.184 e. The third kappa shape index (κ3) is 4.67. The summed E-state index contributed by atoms with van der Waals surface area (Å²) in [6, 6.07) is 9.55. The molecule has 0 aliphatic rings. The van der Waals surface area contributed by atoms with Gasteiger partial charge >= 0.3 is 0 Å². The van der Waals surface area contributed by atoms with Crippen molar-refractivity contribution >= 4 is 45.4 Å². The molecule has 9 heteroatoms. The molecule has 0 amide bonds. The van der Waals surface area contributed by atoms with Crippen LogP contribution in [0.2, 0.25) is 0 Å². The summed E-state index contributed by atoms with van der Waals surface area (Å²) < 4.78 is 34.5. The van der Waals surface area contributed by atoms with Crippen molar-refractivity contribution in [3.63, 3.8) is 0 Å². The molecule has 2 rings (SSSR count). The number of hydrogen-bond donors (Lipinski definition) is 0. The van der Waals surface area contributed by atoms with Crippen LogP contribution in [0.5, 0.6) is 0 Å². The van der Waals surface area contributed by atoms with E-state index in [1.54, 1.807) is 4.68 Å². The molecule has 0 saturated heterocycles. The van der Waals surface area contributed by atoms with Crippen LogP contribution < -0.4 is 0 Å². The van der Waals surface area contributed by atoms with Gasteiger partial charge in [0.2, 0.25) is 0 Å². The molecule has 1 aromatic carbocycles. The van der Waals surface area contributed by atoms with Crippen molar-refractivity contribution in [2.75, 3.05) is 11.5 Å². The van der Waals surface area contributed by atoms with Crippen molar-refractivity contribution in [3.8, 4) is 5.69 Å². The van der Waals surface area contributed by atoms with Crippen LogP contribution in [0.15, 0.2) is 34.7 Å². The third-order valence-corrected chi connectivity index (χ3v) is 5.53. The quantitative estimate of drug-likeness (QED) is 0.346. The highest BCUT2D eigenvalue weighted by Crippen LogP contribution is 2.24. The first kappa shape index (κ1) is 15.6. The largest absolute Gasteiger partial charge is 0.748 e. The second-order valence-electron chi connectivity index (χ2n) is 3.85. The fourth-order valence-corrected chi connectivity index (χ4v) is 4.50. The van der Waals surface area contributed by atoms with Gasteiger partial charge in [-0.1, -0.05) is 41.3 Å². The zero-order valence-electron chi connectivity index (χ0n) is 10.3. The average Bonchev–Trinajstić information content (AvgIpc) is 2.76. The summed E-state index contributed by atoms with van der Waals surface area (Å²) in [4.78, 5) is 0. The summed E-state index contributed by atoms with van der Waals surface area (Å²) in [5, 5.41) is 4.38. The highest BCUT2D eigenvalue weighted by molar-refractivity contribution is 8.01. The smallest absolute Gasteiger partial charge is 0.184 e. The Morgan fingerprint density at radius 2 is 2.05 bits per heavy atom. The van der Waals surface area contributed by atoms with Gasteiger partial charge in [-0.3, -0.25) is 0 Å². The Labute approximate surface area is 130 Å². The molecule has 20 heavy (non-hydrogen) atoms. The molecule has 108 valence electrons. The maximum absolute atomic E-state index is 10.5. The molecule has 0 saturated carbocycles. The minimum Gasteiger partial charge on any atom is -0.748 e. The summed E-state index contributed by atoms with van der Waals surface area (Å²) in [6.07, 6.45) is 0.314. The van der Waals surface area contributed by atoms with E-state index in [4.69, 9.17) is 12.2 Å². The fourth-order valence-electron chi connectivity index (χ4n) is 1.45. The Morgan fingerprint density at radius 3 is 2.70 bits per heavy atom. The number of thioether (sulfide) groups is 1. The van der Waals surface area contributed by atoms with Gasteiger partial charge in [0, 0.05) is 11.5 Å². The van der Waals surface area contributed by atoms with Gasteiger partial charge in [0.05, 0.1) is 15.8 Å². The highest BCUT2D eigenvalue weighted by atomic mass is 32.2. The number of rotatable bonds is 6. The van der Waals surface area contributed by atoms with E-state index in [1.807, 2.05) is 30.3 Å². The Bertz CT molecular complexity index is 722. The molecule has 0 spiro atoms. The lowest BCUT2D eigenvalue weighted by atomic mass is 10.3. The van der Waals surface area contributed by atoms with Gasteiger partial charge in [0.1, 0.15) is 0 Å². The summed E-state index contributed by atoms with van der Waals surface area (Å²) >= 11 is 8.03. The van der Waals surface area contributed by atoms with Crippen molar-refractivity contribution in [2.45, 2.75) is 10.8 Å². The molecule has 0 atom stereocenters. The standard InChI is InChI=1S/C11H12N2O3S4/c14-20(15,16)8-4-7-18-10-12-13(11(17)19-10)9-5-2-1-3-6-9/h1-3,5-6H,4,7-8H2,(H,14,15,16)/p-1. The van der Waals surface area contributed by atoms with Crippen LogP contribution in [0.1, 0.15) is 6.42 Å². The van der Waals surface area contributed by atoms with E-state index in [1.165, 1.54) is 23.1 Å². The van der Waals surface area contributed by atoms with E-state index in [0.717, 1.165) is 10.0 Å². The lowest BCUT2D eigenvalue weighted by Crippen LogP contribution is -2.04. The molecule has 0 N–H and O–H groups in total. The normalized spacial score (nSPS) is 11.7. The Morgan fingerprint density at radius 1 is 1.35 bits per heavy atom. The Balaban J connectivity index is 2.00. The van der Waals surface area contributed by atoms with Crippen molar-refractivity contribution in [1.29, 1.82) is 0 Å². The fraction of sp³-hybridized carbons (Fsp3) is 0.273. The molecule has 0 fully saturated rings. The van der Waals surface area contributed by atoms with Crippen LogP contribution in [-0.4, -0.2) is 34.3 Å². The molecule has 1 heterocycles. The first-order chi connectivity index (χ1) is 9.46. The molecular weight excluding hydrogens is 336 g/mol. The van der Waals surface area contributed by atoms with Crippen molar-refractivity contribution < 1.29 is 13.0 Å². The van der Waals surface area contributed by atoms with Gasteiger partial charge in [-0.2, -0.15) is 0 Å². The van der Waals surface area contributed by atoms with Gasteiger partial charge in [0.25, 0.3) is 0 Å². The number of nitrogens with zero attached hydrogens (tertiary/aromatic N) is 2. The van der Waals surface area contributed by atoms with Crippen LogP contribution in [0, 0.1) is 3.95 Å². The lowest BCUT2D eigenvalue weighted by molar-refractivity contribution is 0.462. The van der Waals surface area contributed by atoms with E-state index in [2.05, 4.69) is 5.10 Å². The molecule has 2 aromatic rings. The molecular formula is C11H11N2O3S4-. The van der Waals surface area contributed by atoms with Crippen LogP contribution >= 0.6 is 35.3 Å². The summed E-state index contributed by atoms with van der Waals surface area (Å²) in [6.45, 7) is 0. The summed E-state index contributed by atoms with van der Waals surface area (Å²) in [5.74, 6) is 0.184. The van der Waals surface area contributed by atoms with E-state index < -0.39 is 10.1 Å². The van der Waals surface area contributed by atoms with Crippen molar-refractivity contribution in [1.82, 2.24) is 9.78 Å². The molecule has 5 nitrogen and oxygen atoms in total. The van der Waals surface area contributed by atoms with Gasteiger partial charge in [-0.25, -0.2) is 13.1 Å². The molecule has 1 aromatic heterocycles. The van der Waals surface area contributed by atoms with Crippen LogP contribution in [0.3, 0.4) is 0 Å². The molecule has 0 aliphatic heterocycles. The van der Waals surface area contributed by atoms with Crippen molar-refractivity contribution in [3.05, 3.63) is 34.3 Å². The molecule has 0 bridgehead atoms. The second kappa shape index (κ2) is 6.81. The van der Waals surface area contributed by atoms with E-state index >= 15 is 0 Å². The Hall–Kier alpha value is -0.740. The van der Waals surface area contributed by atoms with Crippen LogP contribution in [0.25, 0.3) is 5.69 Å². The third-order valence-electron chi connectivity index (χ3n) is 2.29. The minimum absolute atomic E-state index is 0.314. The van der Waals surface area contributed by atoms with Crippen LogP contribution in [-0.2, 0) is 10.1 Å². The predicted octanol–water partition coefficient (Wildman–Crippen LogP) is 2.69. The topological polar surface area (TPSA) is 75.0 Å².